The molecule has 0 aromatic rings. The first-order valence-electron chi connectivity index (χ1n) is 3.76. The molecule has 1 N–H and O–H groups in total. The molecule has 0 radical (unpaired) electrons. The van der Waals surface area contributed by atoms with Crippen molar-refractivity contribution in [3.63, 3.8) is 0 Å². The summed E-state index contributed by atoms with van der Waals surface area (Å²) in [5, 5.41) is 0. The van der Waals surface area contributed by atoms with Gasteiger partial charge in [-0.25, -0.2) is 22.0 Å². The van der Waals surface area contributed by atoms with Gasteiger partial charge < -0.3 is 1.43 Å². The zero-order valence-electron chi connectivity index (χ0n) is 9.29. The molecule has 0 saturated heterocycles. The van der Waals surface area contributed by atoms with Crippen LogP contribution < -0.4 is 18.9 Å². The Hall–Kier alpha value is 0.157. The van der Waals surface area contributed by atoms with Crippen LogP contribution in [0.1, 0.15) is 1.43 Å². The molecule has 0 rings (SSSR count). The summed E-state index contributed by atoms with van der Waals surface area (Å²) in [6.45, 7) is -1.85. The van der Waals surface area contributed by atoms with E-state index in [-0.39, 0.29) is 20.3 Å². The zero-order valence-corrected chi connectivity index (χ0v) is 9.10. The molecule has 0 spiro atoms. The molecule has 0 bridgehead atoms. The molecular weight excluding hydrogens is 254 g/mol. The third-order valence-electron chi connectivity index (χ3n) is 1.51. The average molecular weight is 264 g/mol. The minimum absolute atomic E-state index is 0. The smallest absolute Gasteiger partial charge is 1.00 e. The molecule has 16 heavy (non-hydrogen) atoms. The summed E-state index contributed by atoms with van der Waals surface area (Å²) in [6.07, 6.45) is -12.1. The maximum atomic E-state index is 12.6. The van der Waals surface area contributed by atoms with E-state index in [0.717, 1.165) is 0 Å². The Morgan fingerprint density at radius 2 is 1.44 bits per heavy atom. The van der Waals surface area contributed by atoms with Crippen molar-refractivity contribution in [2.45, 2.75) is 24.7 Å². The van der Waals surface area contributed by atoms with Crippen LogP contribution in [-0.4, -0.2) is 50.1 Å². The zero-order chi connectivity index (χ0) is 12.2. The van der Waals surface area contributed by atoms with Gasteiger partial charge in [0.15, 0.2) is 24.7 Å². The van der Waals surface area contributed by atoms with Crippen LogP contribution in [0.3, 0.4) is 0 Å². The number of halogens is 5. The normalized spacial score (nSPS) is 19.4. The third kappa shape index (κ3) is 6.68. The van der Waals surface area contributed by atoms with Gasteiger partial charge >= 0.3 is 18.9 Å². The summed E-state index contributed by atoms with van der Waals surface area (Å²) < 4.78 is 89.7. The first-order valence-corrected chi connectivity index (χ1v) is 5.37. The molecule has 10 heteroatoms. The van der Waals surface area contributed by atoms with Crippen molar-refractivity contribution in [3.8, 4) is 0 Å². The predicted molar refractivity (Wildman–Crippen MR) is 43.1 cm³/mol. The van der Waals surface area contributed by atoms with Crippen molar-refractivity contribution < 1.29 is 55.2 Å². The molecule has 0 aliphatic heterocycles. The molecule has 94 valence electrons. The van der Waals surface area contributed by atoms with Crippen LogP contribution in [0, 0.1) is 0 Å². The van der Waals surface area contributed by atoms with Gasteiger partial charge in [0.05, 0.1) is 0 Å². The van der Waals surface area contributed by atoms with Crippen LogP contribution in [0.15, 0.2) is 0 Å². The van der Waals surface area contributed by atoms with Gasteiger partial charge in [0.25, 0.3) is 10.1 Å². The monoisotopic (exact) mass is 264 g/mol. The molecule has 0 amide bonds. The Labute approximate surface area is 103 Å². The largest absolute Gasteiger partial charge is 1.00 e. The molecule has 4 unspecified atom stereocenters. The summed E-state index contributed by atoms with van der Waals surface area (Å²) in [5.74, 6) is -1.70. The van der Waals surface area contributed by atoms with Crippen molar-refractivity contribution >= 4 is 10.1 Å². The molecule has 0 aliphatic carbocycles. The van der Waals surface area contributed by atoms with E-state index < -0.39 is 47.2 Å². The van der Waals surface area contributed by atoms with Crippen LogP contribution in [0.25, 0.3) is 0 Å². The fourth-order valence-electron chi connectivity index (χ4n) is 0.777. The second kappa shape index (κ2) is 7.48. The minimum atomic E-state index is -4.83. The van der Waals surface area contributed by atoms with Gasteiger partial charge in [0.1, 0.15) is 12.4 Å². The molecule has 3 nitrogen and oxygen atoms in total. The van der Waals surface area contributed by atoms with Crippen molar-refractivity contribution in [2.24, 2.45) is 0 Å². The Morgan fingerprint density at radius 1 is 1.06 bits per heavy atom. The minimum Gasteiger partial charge on any atom is -1.00 e. The summed E-state index contributed by atoms with van der Waals surface area (Å²) in [4.78, 5) is 0. The van der Waals surface area contributed by atoms with Crippen molar-refractivity contribution in [1.82, 2.24) is 0 Å². The number of hydrogen-bond donors (Lipinski definition) is 1. The van der Waals surface area contributed by atoms with Gasteiger partial charge in [-0.1, -0.05) is 0 Å². The standard InChI is InChI=1S/C6H9F5O3S.Li.H/c7-1-3(8)5(10)6(11)4(9)2-15(12,13)14;;/h3-6H,1-2H2,(H,12,13,14);;/q;+1;-1. The second-order valence-corrected chi connectivity index (χ2v) is 4.32. The molecule has 0 aromatic carbocycles. The van der Waals surface area contributed by atoms with Gasteiger partial charge in [0, 0.05) is 0 Å². The summed E-state index contributed by atoms with van der Waals surface area (Å²) in [7, 11) is -4.83. The van der Waals surface area contributed by atoms with Crippen molar-refractivity contribution in [1.29, 1.82) is 0 Å². The molecule has 0 saturated carbocycles. The van der Waals surface area contributed by atoms with E-state index in [2.05, 4.69) is 0 Å². The first-order chi connectivity index (χ1) is 6.69. The van der Waals surface area contributed by atoms with Gasteiger partial charge in [-0.2, -0.15) is 8.42 Å². The molecule has 0 heterocycles. The molecule has 0 aliphatic rings. The molecule has 4 atom stereocenters. The Morgan fingerprint density at radius 3 is 1.75 bits per heavy atom. The fraction of sp³-hybridized carbons (Fsp3) is 1.00. The van der Waals surface area contributed by atoms with Gasteiger partial charge in [0.2, 0.25) is 0 Å². The van der Waals surface area contributed by atoms with E-state index in [1.54, 1.807) is 0 Å². The van der Waals surface area contributed by atoms with Crippen LogP contribution in [0.2, 0.25) is 0 Å². The van der Waals surface area contributed by atoms with Crippen LogP contribution in [-0.2, 0) is 10.1 Å². The van der Waals surface area contributed by atoms with Crippen LogP contribution in [0.4, 0.5) is 22.0 Å². The molecule has 0 aromatic heterocycles. The van der Waals surface area contributed by atoms with Crippen LogP contribution in [0.5, 0.6) is 0 Å². The molecular formula is C6H10F5LiO3S. The van der Waals surface area contributed by atoms with Crippen molar-refractivity contribution in [3.05, 3.63) is 0 Å². The van der Waals surface area contributed by atoms with Gasteiger partial charge in [-0.3, -0.25) is 4.55 Å². The van der Waals surface area contributed by atoms with Crippen LogP contribution >= 0.6 is 0 Å². The number of alkyl halides is 5. The third-order valence-corrected chi connectivity index (χ3v) is 2.25. The van der Waals surface area contributed by atoms with Gasteiger partial charge in [-0.05, 0) is 0 Å². The van der Waals surface area contributed by atoms with E-state index in [9.17, 15) is 30.4 Å². The maximum Gasteiger partial charge on any atom is 1.00 e. The Bertz CT molecular complexity index is 293. The second-order valence-electron chi connectivity index (χ2n) is 2.82. The first kappa shape index (κ1) is 18.5. The van der Waals surface area contributed by atoms with Gasteiger partial charge in [-0.15, -0.1) is 0 Å². The molecule has 0 fully saturated rings. The maximum absolute atomic E-state index is 12.6. The Kier molecular flexibility index (Phi) is 8.65. The van der Waals surface area contributed by atoms with E-state index in [0.29, 0.717) is 0 Å². The fourth-order valence-corrected chi connectivity index (χ4v) is 1.36. The quantitative estimate of drug-likeness (QED) is 0.354. The summed E-state index contributed by atoms with van der Waals surface area (Å²) in [6, 6.07) is 0. The van der Waals surface area contributed by atoms with E-state index in [1.807, 2.05) is 0 Å². The average Bonchev–Trinajstić information content (AvgIpc) is 2.11. The summed E-state index contributed by atoms with van der Waals surface area (Å²) >= 11 is 0. The van der Waals surface area contributed by atoms with Crippen molar-refractivity contribution in [2.75, 3.05) is 12.4 Å². The topological polar surface area (TPSA) is 54.4 Å². The van der Waals surface area contributed by atoms with E-state index >= 15 is 0 Å². The predicted octanol–water partition coefficient (Wildman–Crippen LogP) is -1.69. The van der Waals surface area contributed by atoms with E-state index in [4.69, 9.17) is 4.55 Å². The number of hydrogen-bond acceptors (Lipinski definition) is 2. The number of rotatable bonds is 6. The Balaban J connectivity index is -0.000000980. The summed E-state index contributed by atoms with van der Waals surface area (Å²) in [5.41, 5.74) is 0. The SMILES string of the molecule is O=S(=O)(O)CC(F)C(F)C(F)C(F)CF.[H-].[Li+]. The van der Waals surface area contributed by atoms with E-state index in [1.165, 1.54) is 0 Å².